The van der Waals surface area contributed by atoms with Gasteiger partial charge in [-0.2, -0.15) is 4.39 Å². The van der Waals surface area contributed by atoms with Gasteiger partial charge >= 0.3 is 5.97 Å². The van der Waals surface area contributed by atoms with Gasteiger partial charge in [0.2, 0.25) is 5.82 Å². The lowest BCUT2D eigenvalue weighted by molar-refractivity contribution is -0.143. The average Bonchev–Trinajstić information content (AvgIpc) is 3.27. The summed E-state index contributed by atoms with van der Waals surface area (Å²) in [6.45, 7) is 1.41. The van der Waals surface area contributed by atoms with Crippen LogP contribution in [0.2, 0.25) is 0 Å². The molecule has 2 rings (SSSR count). The molecule has 0 N–H and O–H groups in total. The van der Waals surface area contributed by atoms with Gasteiger partial charge in [0.25, 0.3) is 0 Å². The lowest BCUT2D eigenvalue weighted by Crippen LogP contribution is -2.29. The van der Waals surface area contributed by atoms with Crippen LogP contribution in [0.1, 0.15) is 23.7 Å². The summed E-state index contributed by atoms with van der Waals surface area (Å²) in [6.07, 6.45) is -0.181. The minimum atomic E-state index is -1.71. The molecule has 0 radical (unpaired) electrons. The minimum absolute atomic E-state index is 0.0742. The summed E-state index contributed by atoms with van der Waals surface area (Å²) >= 11 is 0. The summed E-state index contributed by atoms with van der Waals surface area (Å²) in [5, 5.41) is 0. The number of aliphatic imine (C=N–C) groups is 1. The molecule has 0 aliphatic heterocycles. The Hall–Kier alpha value is -2.45. The number of alkyl halides is 1. The van der Waals surface area contributed by atoms with Gasteiger partial charge in [-0.05, 0) is 13.0 Å². The predicted octanol–water partition coefficient (Wildman–Crippen LogP) is 2.66. The fraction of sp³-hybridized carbons (Fsp3) is 0.438. The van der Waals surface area contributed by atoms with E-state index >= 15 is 0 Å². The fourth-order valence-corrected chi connectivity index (χ4v) is 2.08. The normalized spacial score (nSPS) is 20.4. The molecule has 0 amide bonds. The van der Waals surface area contributed by atoms with E-state index in [1.165, 1.54) is 6.92 Å². The summed E-state index contributed by atoms with van der Waals surface area (Å²) in [6, 6.07) is -0.362. The molecule has 0 bridgehead atoms. The van der Waals surface area contributed by atoms with Gasteiger partial charge in [-0.15, -0.1) is 0 Å². The largest absolute Gasteiger partial charge is 0.491 e. The van der Waals surface area contributed by atoms with E-state index in [4.69, 9.17) is 4.74 Å². The first-order chi connectivity index (χ1) is 11.8. The van der Waals surface area contributed by atoms with E-state index in [-0.39, 0.29) is 13.0 Å². The SMILES string of the molecule is CCOC(=O)C(C=N[C@@H]1C[C@@H]1F)C(=O)c1cc(F)c(F)c(OC)c1F. The molecule has 0 saturated heterocycles. The van der Waals surface area contributed by atoms with Gasteiger partial charge in [0, 0.05) is 12.6 Å². The summed E-state index contributed by atoms with van der Waals surface area (Å²) in [5.41, 5.74) is -0.896. The van der Waals surface area contributed by atoms with Gasteiger partial charge < -0.3 is 9.47 Å². The number of benzene rings is 1. The number of rotatable bonds is 7. The smallest absolute Gasteiger partial charge is 0.322 e. The Balaban J connectivity index is 2.40. The van der Waals surface area contributed by atoms with Crippen LogP contribution in [-0.4, -0.2) is 43.9 Å². The van der Waals surface area contributed by atoms with E-state index in [0.717, 1.165) is 13.3 Å². The zero-order valence-electron chi connectivity index (χ0n) is 13.4. The van der Waals surface area contributed by atoms with Crippen LogP contribution >= 0.6 is 0 Å². The van der Waals surface area contributed by atoms with Crippen molar-refractivity contribution in [3.63, 3.8) is 0 Å². The number of methoxy groups -OCH3 is 1. The molecule has 1 aromatic rings. The van der Waals surface area contributed by atoms with Crippen molar-refractivity contribution in [1.29, 1.82) is 0 Å². The summed E-state index contributed by atoms with van der Waals surface area (Å²) in [5.74, 6) is -9.64. The number of nitrogens with zero attached hydrogens (tertiary/aromatic N) is 1. The molecular formula is C16H15F4NO4. The van der Waals surface area contributed by atoms with E-state index < -0.39 is 58.6 Å². The first-order valence-electron chi connectivity index (χ1n) is 7.41. The molecule has 0 spiro atoms. The second-order valence-electron chi connectivity index (χ2n) is 5.28. The second-order valence-corrected chi connectivity index (χ2v) is 5.28. The molecule has 5 nitrogen and oxygen atoms in total. The van der Waals surface area contributed by atoms with Crippen molar-refractivity contribution in [2.24, 2.45) is 10.9 Å². The highest BCUT2D eigenvalue weighted by Crippen LogP contribution is 2.30. The van der Waals surface area contributed by atoms with Crippen LogP contribution in [0.25, 0.3) is 0 Å². The molecule has 0 aromatic heterocycles. The number of Topliss-reactive ketones (excluding diaryl/α,β-unsaturated/α-hetero) is 1. The van der Waals surface area contributed by atoms with Crippen LogP contribution in [-0.2, 0) is 9.53 Å². The van der Waals surface area contributed by atoms with Crippen molar-refractivity contribution in [3.8, 4) is 5.75 Å². The molecule has 3 atom stereocenters. The van der Waals surface area contributed by atoms with Gasteiger partial charge in [-0.25, -0.2) is 13.2 Å². The van der Waals surface area contributed by atoms with Gasteiger partial charge in [0.1, 0.15) is 6.17 Å². The van der Waals surface area contributed by atoms with Crippen LogP contribution in [0.4, 0.5) is 17.6 Å². The van der Waals surface area contributed by atoms with Crippen molar-refractivity contribution in [2.45, 2.75) is 25.6 Å². The van der Waals surface area contributed by atoms with E-state index in [2.05, 4.69) is 9.73 Å². The van der Waals surface area contributed by atoms with Crippen LogP contribution < -0.4 is 4.74 Å². The highest BCUT2D eigenvalue weighted by molar-refractivity contribution is 6.18. The summed E-state index contributed by atoms with van der Waals surface area (Å²) < 4.78 is 63.3. The van der Waals surface area contributed by atoms with Crippen molar-refractivity contribution in [3.05, 3.63) is 29.1 Å². The topological polar surface area (TPSA) is 65.0 Å². The van der Waals surface area contributed by atoms with Crippen molar-refractivity contribution >= 4 is 18.0 Å². The first-order valence-corrected chi connectivity index (χ1v) is 7.41. The van der Waals surface area contributed by atoms with E-state index in [1.54, 1.807) is 0 Å². The summed E-state index contributed by atoms with van der Waals surface area (Å²) in [4.78, 5) is 28.1. The minimum Gasteiger partial charge on any atom is -0.491 e. The molecule has 136 valence electrons. The van der Waals surface area contributed by atoms with Gasteiger partial charge in [-0.3, -0.25) is 14.6 Å². The lowest BCUT2D eigenvalue weighted by Gasteiger charge is -2.13. The van der Waals surface area contributed by atoms with E-state index in [9.17, 15) is 27.2 Å². The number of halogens is 4. The number of hydrogen-bond acceptors (Lipinski definition) is 5. The van der Waals surface area contributed by atoms with Crippen LogP contribution in [0.3, 0.4) is 0 Å². The third-order valence-corrected chi connectivity index (χ3v) is 3.52. The quantitative estimate of drug-likeness (QED) is 0.187. The van der Waals surface area contributed by atoms with Crippen molar-refractivity contribution in [1.82, 2.24) is 0 Å². The molecule has 1 aliphatic carbocycles. The van der Waals surface area contributed by atoms with Crippen LogP contribution in [0.15, 0.2) is 11.1 Å². The van der Waals surface area contributed by atoms with Gasteiger partial charge in [0.15, 0.2) is 29.1 Å². The molecule has 0 heterocycles. The standard InChI is InChI=1S/C16H15F4NO4/c1-3-25-16(23)8(6-21-11-5-9(11)17)14(22)7-4-10(18)13(20)15(24-2)12(7)19/h4,6,8-9,11H,3,5H2,1-2H3/t8?,9-,11+/m0/s1. The van der Waals surface area contributed by atoms with E-state index in [1.807, 2.05) is 0 Å². The molecule has 1 aliphatic rings. The Kier molecular flexibility index (Phi) is 5.76. The Morgan fingerprint density at radius 1 is 1.36 bits per heavy atom. The molecule has 9 heteroatoms. The number of ether oxygens (including phenoxy) is 2. The number of esters is 1. The maximum atomic E-state index is 14.2. The van der Waals surface area contributed by atoms with Gasteiger partial charge in [0.05, 0.1) is 25.3 Å². The molecule has 1 unspecified atom stereocenters. The highest BCUT2D eigenvalue weighted by Gasteiger charge is 2.38. The molecule has 1 saturated carbocycles. The second kappa shape index (κ2) is 7.62. The monoisotopic (exact) mass is 361 g/mol. The third-order valence-electron chi connectivity index (χ3n) is 3.52. The molecule has 1 aromatic carbocycles. The lowest BCUT2D eigenvalue weighted by atomic mass is 9.97. The highest BCUT2D eigenvalue weighted by atomic mass is 19.2. The maximum absolute atomic E-state index is 14.2. The molecular weight excluding hydrogens is 346 g/mol. The zero-order valence-corrected chi connectivity index (χ0v) is 13.4. The van der Waals surface area contributed by atoms with Crippen molar-refractivity contribution in [2.75, 3.05) is 13.7 Å². The predicted molar refractivity (Wildman–Crippen MR) is 79.1 cm³/mol. The molecule has 25 heavy (non-hydrogen) atoms. The molecule has 1 fully saturated rings. The van der Waals surface area contributed by atoms with Crippen LogP contribution in [0, 0.1) is 23.4 Å². The number of carbonyl (C=O) groups is 2. The van der Waals surface area contributed by atoms with Crippen molar-refractivity contribution < 1.29 is 36.6 Å². The number of carbonyl (C=O) groups excluding carboxylic acids is 2. The fourth-order valence-electron chi connectivity index (χ4n) is 2.08. The Morgan fingerprint density at radius 3 is 2.52 bits per heavy atom. The zero-order chi connectivity index (χ0) is 18.7. The Bertz CT molecular complexity index is 723. The Morgan fingerprint density at radius 2 is 2.00 bits per heavy atom. The number of hydrogen-bond donors (Lipinski definition) is 0. The van der Waals surface area contributed by atoms with Crippen LogP contribution in [0.5, 0.6) is 5.75 Å². The Labute approximate surface area is 140 Å². The third kappa shape index (κ3) is 3.97. The number of ketones is 1. The van der Waals surface area contributed by atoms with Gasteiger partial charge in [-0.1, -0.05) is 0 Å². The first kappa shape index (κ1) is 18.9. The maximum Gasteiger partial charge on any atom is 0.322 e. The average molecular weight is 361 g/mol. The van der Waals surface area contributed by atoms with E-state index in [0.29, 0.717) is 6.07 Å². The summed E-state index contributed by atoms with van der Waals surface area (Å²) in [7, 11) is 0.897.